The van der Waals surface area contributed by atoms with Crippen LogP contribution in [0.3, 0.4) is 0 Å². The predicted octanol–water partition coefficient (Wildman–Crippen LogP) is 4.69. The summed E-state index contributed by atoms with van der Waals surface area (Å²) in [5.41, 5.74) is 2.23. The first-order valence-electron chi connectivity index (χ1n) is 10.8. The molecule has 0 bridgehead atoms. The number of aromatic amines is 1. The lowest BCUT2D eigenvalue weighted by Gasteiger charge is -2.33. The van der Waals surface area contributed by atoms with Crippen molar-refractivity contribution in [2.45, 2.75) is 38.3 Å². The van der Waals surface area contributed by atoms with E-state index in [1.165, 1.54) is 11.3 Å². The molecular weight excluding hydrogens is 458 g/mol. The molecule has 1 aliphatic rings. The minimum Gasteiger partial charge on any atom is -0.327 e. The first-order chi connectivity index (χ1) is 15.7. The molecule has 0 spiro atoms. The standard InChI is InChI=1S/C24H28ClN5O2S/c1-24(2)21-18(22(28-27-21)26-23(32)19-6-5-11-33-19)14-30(24)20(31)12-16(13-29(3)4)15-7-9-17(25)10-8-15/h5-11,16H,12-14H2,1-4H3,(H2,26,27,28,32). The molecule has 174 valence electrons. The highest BCUT2D eigenvalue weighted by Gasteiger charge is 2.44. The molecule has 1 atom stereocenters. The van der Waals surface area contributed by atoms with Crippen LogP contribution in [-0.2, 0) is 16.9 Å². The number of halogens is 1. The van der Waals surface area contributed by atoms with Crippen LogP contribution >= 0.6 is 22.9 Å². The second kappa shape index (κ2) is 9.29. The number of nitrogens with zero attached hydrogens (tertiary/aromatic N) is 3. The molecule has 0 saturated carbocycles. The van der Waals surface area contributed by atoms with E-state index in [9.17, 15) is 9.59 Å². The van der Waals surface area contributed by atoms with Gasteiger partial charge in [-0.05, 0) is 57.1 Å². The Kier molecular flexibility index (Phi) is 6.61. The minimum atomic E-state index is -0.562. The third-order valence-corrected chi connectivity index (χ3v) is 7.22. The molecule has 1 unspecified atom stereocenters. The summed E-state index contributed by atoms with van der Waals surface area (Å²) < 4.78 is 0. The van der Waals surface area contributed by atoms with Gasteiger partial charge in [-0.2, -0.15) is 5.10 Å². The van der Waals surface area contributed by atoms with Gasteiger partial charge < -0.3 is 15.1 Å². The van der Waals surface area contributed by atoms with Gasteiger partial charge in [0.25, 0.3) is 5.91 Å². The predicted molar refractivity (Wildman–Crippen MR) is 132 cm³/mol. The SMILES string of the molecule is CN(C)CC(CC(=O)N1Cc2c(NC(=O)c3cccs3)n[nH]c2C1(C)C)c1ccc(Cl)cc1. The van der Waals surface area contributed by atoms with Crippen LogP contribution in [0.4, 0.5) is 5.82 Å². The summed E-state index contributed by atoms with van der Waals surface area (Å²) in [6.45, 7) is 5.15. The Balaban J connectivity index is 1.53. The van der Waals surface area contributed by atoms with E-state index >= 15 is 0 Å². The van der Waals surface area contributed by atoms with Gasteiger partial charge in [0, 0.05) is 29.5 Å². The molecule has 0 fully saturated rings. The van der Waals surface area contributed by atoms with E-state index in [0.29, 0.717) is 28.7 Å². The lowest BCUT2D eigenvalue weighted by molar-refractivity contribution is -0.137. The molecule has 0 saturated heterocycles. The van der Waals surface area contributed by atoms with Crippen molar-refractivity contribution in [3.05, 3.63) is 68.5 Å². The molecular formula is C24H28ClN5O2S. The fourth-order valence-electron chi connectivity index (χ4n) is 4.38. The van der Waals surface area contributed by atoms with Crippen molar-refractivity contribution in [3.63, 3.8) is 0 Å². The number of hydrogen-bond acceptors (Lipinski definition) is 5. The monoisotopic (exact) mass is 485 g/mol. The molecule has 0 radical (unpaired) electrons. The molecule has 1 aromatic carbocycles. The molecule has 1 aliphatic heterocycles. The topological polar surface area (TPSA) is 81.3 Å². The number of carbonyl (C=O) groups excluding carboxylic acids is 2. The zero-order valence-corrected chi connectivity index (χ0v) is 20.8. The summed E-state index contributed by atoms with van der Waals surface area (Å²) >= 11 is 7.44. The smallest absolute Gasteiger partial charge is 0.266 e. The molecule has 2 amide bonds. The van der Waals surface area contributed by atoms with Crippen molar-refractivity contribution in [1.82, 2.24) is 20.0 Å². The third kappa shape index (κ3) is 4.83. The minimum absolute atomic E-state index is 0.0376. The largest absolute Gasteiger partial charge is 0.327 e. The maximum atomic E-state index is 13.5. The summed E-state index contributed by atoms with van der Waals surface area (Å²) in [6, 6.07) is 11.3. The van der Waals surface area contributed by atoms with Gasteiger partial charge in [-0.1, -0.05) is 29.8 Å². The zero-order chi connectivity index (χ0) is 23.8. The second-order valence-electron chi connectivity index (χ2n) is 9.11. The van der Waals surface area contributed by atoms with Crippen molar-refractivity contribution in [1.29, 1.82) is 0 Å². The van der Waals surface area contributed by atoms with Crippen LogP contribution in [0.15, 0.2) is 41.8 Å². The van der Waals surface area contributed by atoms with Crippen LogP contribution in [0.1, 0.15) is 52.7 Å². The Labute approximate surface area is 202 Å². The molecule has 3 aromatic rings. The van der Waals surface area contributed by atoms with E-state index < -0.39 is 5.54 Å². The Morgan fingerprint density at radius 3 is 2.64 bits per heavy atom. The van der Waals surface area contributed by atoms with Gasteiger partial charge in [-0.25, -0.2) is 0 Å². The summed E-state index contributed by atoms with van der Waals surface area (Å²) in [7, 11) is 4.01. The van der Waals surface area contributed by atoms with Crippen molar-refractivity contribution >= 4 is 40.6 Å². The number of anilines is 1. The lowest BCUT2D eigenvalue weighted by atomic mass is 9.93. The summed E-state index contributed by atoms with van der Waals surface area (Å²) in [6.07, 6.45) is 0.373. The van der Waals surface area contributed by atoms with Gasteiger partial charge in [0.2, 0.25) is 5.91 Å². The number of hydrogen-bond donors (Lipinski definition) is 2. The molecule has 3 heterocycles. The number of aromatic nitrogens is 2. The normalized spacial score (nSPS) is 15.5. The first kappa shape index (κ1) is 23.5. The van der Waals surface area contributed by atoms with Gasteiger partial charge in [0.05, 0.1) is 22.7 Å². The Bertz CT molecular complexity index is 1140. The van der Waals surface area contributed by atoms with Crippen molar-refractivity contribution in [2.24, 2.45) is 0 Å². The molecule has 2 aromatic heterocycles. The van der Waals surface area contributed by atoms with Crippen LogP contribution in [0.2, 0.25) is 5.02 Å². The zero-order valence-electron chi connectivity index (χ0n) is 19.2. The second-order valence-corrected chi connectivity index (χ2v) is 10.5. The molecule has 0 aliphatic carbocycles. The molecule has 2 N–H and O–H groups in total. The van der Waals surface area contributed by atoms with Gasteiger partial charge in [-0.15, -0.1) is 11.3 Å². The molecule has 33 heavy (non-hydrogen) atoms. The number of likely N-dealkylation sites (N-methyl/N-ethyl adjacent to an activating group) is 1. The van der Waals surface area contributed by atoms with Crippen LogP contribution in [-0.4, -0.2) is 52.5 Å². The van der Waals surface area contributed by atoms with E-state index in [1.54, 1.807) is 6.07 Å². The Morgan fingerprint density at radius 1 is 1.27 bits per heavy atom. The number of amides is 2. The molecule has 4 rings (SSSR count). The average molecular weight is 486 g/mol. The average Bonchev–Trinajstić information content (AvgIpc) is 3.47. The highest BCUT2D eigenvalue weighted by atomic mass is 35.5. The van der Waals surface area contributed by atoms with E-state index in [-0.39, 0.29) is 17.7 Å². The van der Waals surface area contributed by atoms with E-state index in [4.69, 9.17) is 11.6 Å². The van der Waals surface area contributed by atoms with E-state index in [1.807, 2.05) is 68.6 Å². The number of nitrogens with one attached hydrogen (secondary N) is 2. The summed E-state index contributed by atoms with van der Waals surface area (Å²) in [5, 5.41) is 12.8. The Morgan fingerprint density at radius 2 is 2.00 bits per heavy atom. The van der Waals surface area contributed by atoms with Crippen molar-refractivity contribution < 1.29 is 9.59 Å². The maximum absolute atomic E-state index is 13.5. The van der Waals surface area contributed by atoms with E-state index in [0.717, 1.165) is 23.4 Å². The molecule has 9 heteroatoms. The maximum Gasteiger partial charge on any atom is 0.266 e. The fraction of sp³-hybridized carbons (Fsp3) is 0.375. The van der Waals surface area contributed by atoms with Crippen LogP contribution < -0.4 is 5.32 Å². The molecule has 7 nitrogen and oxygen atoms in total. The van der Waals surface area contributed by atoms with Crippen LogP contribution in [0, 0.1) is 0 Å². The number of rotatable bonds is 7. The van der Waals surface area contributed by atoms with E-state index in [2.05, 4.69) is 20.4 Å². The first-order valence-corrected chi connectivity index (χ1v) is 12.1. The number of fused-ring (bicyclic) bond motifs is 1. The summed E-state index contributed by atoms with van der Waals surface area (Å²) in [4.78, 5) is 30.6. The summed E-state index contributed by atoms with van der Waals surface area (Å²) in [5.74, 6) is 0.377. The fourth-order valence-corrected chi connectivity index (χ4v) is 5.13. The number of carbonyl (C=O) groups is 2. The van der Waals surface area contributed by atoms with Crippen molar-refractivity contribution in [3.8, 4) is 0 Å². The quantitative estimate of drug-likeness (QED) is 0.508. The highest BCUT2D eigenvalue weighted by molar-refractivity contribution is 7.12. The highest BCUT2D eigenvalue weighted by Crippen LogP contribution is 2.41. The number of thiophene rings is 1. The Hall–Kier alpha value is -2.68. The lowest BCUT2D eigenvalue weighted by Crippen LogP contribution is -2.41. The van der Waals surface area contributed by atoms with Gasteiger partial charge in [0.1, 0.15) is 0 Å². The van der Waals surface area contributed by atoms with Crippen molar-refractivity contribution in [2.75, 3.05) is 26.0 Å². The number of H-pyrrole nitrogens is 1. The van der Waals surface area contributed by atoms with Crippen LogP contribution in [0.25, 0.3) is 0 Å². The third-order valence-electron chi connectivity index (χ3n) is 6.10. The van der Waals surface area contributed by atoms with Gasteiger partial charge in [-0.3, -0.25) is 14.7 Å². The number of benzene rings is 1. The van der Waals surface area contributed by atoms with Gasteiger partial charge >= 0.3 is 0 Å². The van der Waals surface area contributed by atoms with Crippen LogP contribution in [0.5, 0.6) is 0 Å². The van der Waals surface area contributed by atoms with Gasteiger partial charge in [0.15, 0.2) is 5.82 Å².